The molecular weight excluding hydrogens is 264 g/mol. The molecule has 1 aromatic heterocycles. The zero-order valence-electron chi connectivity index (χ0n) is 10.5. The van der Waals surface area contributed by atoms with Gasteiger partial charge in [0, 0.05) is 17.4 Å². The molecule has 0 amide bonds. The Bertz CT molecular complexity index is 529. The average molecular weight is 278 g/mol. The minimum Gasteiger partial charge on any atom is -0.366 e. The number of nitro groups is 1. The first kappa shape index (κ1) is 13.6. The highest BCUT2D eigenvalue weighted by Crippen LogP contribution is 2.30. The van der Waals surface area contributed by atoms with Crippen molar-refractivity contribution < 1.29 is 4.92 Å². The second kappa shape index (κ2) is 5.89. The molecule has 0 bridgehead atoms. The van der Waals surface area contributed by atoms with Crippen LogP contribution >= 0.6 is 11.8 Å². The lowest BCUT2D eigenvalue weighted by Gasteiger charge is -2.19. The molecule has 1 fully saturated rings. The topological polar surface area (TPSA) is 91.9 Å². The van der Waals surface area contributed by atoms with Crippen LogP contribution in [0, 0.1) is 21.4 Å². The third kappa shape index (κ3) is 2.96. The summed E-state index contributed by atoms with van der Waals surface area (Å²) in [6.07, 6.45) is 5.47. The number of nitrogens with zero attached hydrogens (tertiary/aromatic N) is 3. The molecule has 1 aliphatic carbocycles. The molecule has 1 saturated carbocycles. The Hall–Kier alpha value is -1.81. The molecular formula is C12H14N4O2S. The molecule has 2 atom stereocenters. The molecule has 0 saturated heterocycles. The molecule has 1 aliphatic rings. The molecule has 1 heterocycles. The Morgan fingerprint density at radius 3 is 3.00 bits per heavy atom. The van der Waals surface area contributed by atoms with E-state index in [1.165, 1.54) is 12.5 Å². The van der Waals surface area contributed by atoms with Crippen LogP contribution in [0.15, 0.2) is 12.1 Å². The summed E-state index contributed by atoms with van der Waals surface area (Å²) in [6.45, 7) is 0. The molecule has 0 radical (unpaired) electrons. The van der Waals surface area contributed by atoms with Gasteiger partial charge in [0.25, 0.3) is 0 Å². The number of nitrogens with one attached hydrogen (secondary N) is 1. The highest BCUT2D eigenvalue weighted by Gasteiger charge is 2.27. The Balaban J connectivity index is 2.18. The van der Waals surface area contributed by atoms with Crippen molar-refractivity contribution >= 4 is 23.3 Å². The van der Waals surface area contributed by atoms with E-state index in [1.54, 1.807) is 12.1 Å². The minimum absolute atomic E-state index is 0.145. The fourth-order valence-corrected chi connectivity index (χ4v) is 3.26. The van der Waals surface area contributed by atoms with Gasteiger partial charge in [-0.25, -0.2) is 4.98 Å². The molecule has 1 N–H and O–H groups in total. The van der Waals surface area contributed by atoms with Crippen LogP contribution in [0.5, 0.6) is 0 Å². The number of pyridine rings is 1. The van der Waals surface area contributed by atoms with Gasteiger partial charge >= 0.3 is 5.69 Å². The quantitative estimate of drug-likeness (QED) is 0.672. The Morgan fingerprint density at radius 2 is 2.37 bits per heavy atom. The van der Waals surface area contributed by atoms with Gasteiger partial charge in [0.2, 0.25) is 5.69 Å². The SMILES string of the molecule is CSC1CCCC1Nc1ccc([N+](=O)[O-])c(C#N)n1. The lowest BCUT2D eigenvalue weighted by molar-refractivity contribution is -0.385. The summed E-state index contributed by atoms with van der Waals surface area (Å²) in [7, 11) is 0. The van der Waals surface area contributed by atoms with E-state index >= 15 is 0 Å². The second-order valence-electron chi connectivity index (χ2n) is 4.39. The maximum atomic E-state index is 10.7. The van der Waals surface area contributed by atoms with Crippen molar-refractivity contribution in [2.45, 2.75) is 30.6 Å². The lowest BCUT2D eigenvalue weighted by Crippen LogP contribution is -2.26. The van der Waals surface area contributed by atoms with Crippen LogP contribution in [0.4, 0.5) is 11.5 Å². The number of hydrogen-bond donors (Lipinski definition) is 1. The zero-order valence-corrected chi connectivity index (χ0v) is 11.3. The van der Waals surface area contributed by atoms with Crippen LogP contribution in [-0.2, 0) is 0 Å². The summed E-state index contributed by atoms with van der Waals surface area (Å²) in [4.78, 5) is 14.2. The van der Waals surface area contributed by atoms with Crippen molar-refractivity contribution in [1.29, 1.82) is 5.26 Å². The Kier molecular flexibility index (Phi) is 4.22. The van der Waals surface area contributed by atoms with Gasteiger partial charge in [0.15, 0.2) is 0 Å². The predicted octanol–water partition coefficient (Wildman–Crippen LogP) is 2.56. The van der Waals surface area contributed by atoms with Crippen molar-refractivity contribution in [2.24, 2.45) is 0 Å². The molecule has 100 valence electrons. The Morgan fingerprint density at radius 1 is 1.58 bits per heavy atom. The fraction of sp³-hybridized carbons (Fsp3) is 0.500. The summed E-state index contributed by atoms with van der Waals surface area (Å²) < 4.78 is 0. The zero-order chi connectivity index (χ0) is 13.8. The van der Waals surface area contributed by atoms with E-state index in [2.05, 4.69) is 16.6 Å². The summed E-state index contributed by atoms with van der Waals surface area (Å²) in [5.74, 6) is 0.535. The van der Waals surface area contributed by atoms with E-state index in [1.807, 2.05) is 11.8 Å². The number of hydrogen-bond acceptors (Lipinski definition) is 6. The van der Waals surface area contributed by atoms with Crippen LogP contribution in [0.3, 0.4) is 0 Å². The maximum absolute atomic E-state index is 10.7. The lowest BCUT2D eigenvalue weighted by atomic mass is 10.2. The highest BCUT2D eigenvalue weighted by atomic mass is 32.2. The molecule has 7 heteroatoms. The van der Waals surface area contributed by atoms with Gasteiger partial charge in [-0.3, -0.25) is 10.1 Å². The average Bonchev–Trinajstić information content (AvgIpc) is 2.85. The third-order valence-corrected chi connectivity index (χ3v) is 4.43. The first-order chi connectivity index (χ1) is 9.15. The largest absolute Gasteiger partial charge is 0.366 e. The standard InChI is InChI=1S/C12H14N4O2S/c1-19-11-4-2-3-8(11)14-12-6-5-10(16(17)18)9(7-13)15-12/h5-6,8,11H,2-4H2,1H3,(H,14,15). The molecule has 6 nitrogen and oxygen atoms in total. The molecule has 0 aliphatic heterocycles. The summed E-state index contributed by atoms with van der Waals surface area (Å²) in [5.41, 5.74) is -0.394. The van der Waals surface area contributed by atoms with Gasteiger partial charge in [-0.1, -0.05) is 6.42 Å². The summed E-state index contributed by atoms with van der Waals surface area (Å²) in [6, 6.07) is 4.98. The van der Waals surface area contributed by atoms with Crippen molar-refractivity contribution in [2.75, 3.05) is 11.6 Å². The van der Waals surface area contributed by atoms with Gasteiger partial charge < -0.3 is 5.32 Å². The molecule has 0 aromatic carbocycles. The van der Waals surface area contributed by atoms with E-state index in [9.17, 15) is 10.1 Å². The fourth-order valence-electron chi connectivity index (χ4n) is 2.32. The molecule has 19 heavy (non-hydrogen) atoms. The second-order valence-corrected chi connectivity index (χ2v) is 5.47. The highest BCUT2D eigenvalue weighted by molar-refractivity contribution is 7.99. The minimum atomic E-state index is -0.588. The number of anilines is 1. The number of thioether (sulfide) groups is 1. The van der Waals surface area contributed by atoms with Gasteiger partial charge in [-0.15, -0.1) is 0 Å². The van der Waals surface area contributed by atoms with Gasteiger partial charge in [-0.2, -0.15) is 17.0 Å². The summed E-state index contributed by atoms with van der Waals surface area (Å²) in [5, 5.41) is 23.4. The number of aromatic nitrogens is 1. The van der Waals surface area contributed by atoms with Crippen LogP contribution in [-0.4, -0.2) is 27.5 Å². The third-order valence-electron chi connectivity index (χ3n) is 3.27. The van der Waals surface area contributed by atoms with Crippen LogP contribution in [0.2, 0.25) is 0 Å². The van der Waals surface area contributed by atoms with Crippen molar-refractivity contribution in [3.05, 3.63) is 27.9 Å². The normalized spacial score (nSPS) is 21.9. The maximum Gasteiger partial charge on any atom is 0.305 e. The van der Waals surface area contributed by atoms with E-state index in [4.69, 9.17) is 5.26 Å². The van der Waals surface area contributed by atoms with Gasteiger partial charge in [0.1, 0.15) is 11.9 Å². The number of nitriles is 1. The molecule has 1 aromatic rings. The van der Waals surface area contributed by atoms with E-state index in [0.29, 0.717) is 17.1 Å². The van der Waals surface area contributed by atoms with Crippen molar-refractivity contribution in [1.82, 2.24) is 4.98 Å². The van der Waals surface area contributed by atoms with Crippen molar-refractivity contribution in [3.63, 3.8) is 0 Å². The van der Waals surface area contributed by atoms with E-state index in [-0.39, 0.29) is 11.4 Å². The van der Waals surface area contributed by atoms with E-state index < -0.39 is 4.92 Å². The number of rotatable bonds is 4. The first-order valence-corrected chi connectivity index (χ1v) is 7.29. The van der Waals surface area contributed by atoms with Gasteiger partial charge in [0.05, 0.1) is 4.92 Å². The van der Waals surface area contributed by atoms with Gasteiger partial charge in [-0.05, 0) is 25.2 Å². The summed E-state index contributed by atoms with van der Waals surface area (Å²) >= 11 is 1.81. The predicted molar refractivity (Wildman–Crippen MR) is 74.2 cm³/mol. The smallest absolute Gasteiger partial charge is 0.305 e. The van der Waals surface area contributed by atoms with Crippen LogP contribution < -0.4 is 5.32 Å². The first-order valence-electron chi connectivity index (χ1n) is 6.00. The Labute approximate surface area is 115 Å². The van der Waals surface area contributed by atoms with Crippen LogP contribution in [0.1, 0.15) is 25.0 Å². The van der Waals surface area contributed by atoms with Crippen molar-refractivity contribution in [3.8, 4) is 6.07 Å². The van der Waals surface area contributed by atoms with E-state index in [0.717, 1.165) is 12.8 Å². The monoisotopic (exact) mass is 278 g/mol. The van der Waals surface area contributed by atoms with Crippen LogP contribution in [0.25, 0.3) is 0 Å². The molecule has 0 spiro atoms. The molecule has 2 unspecified atom stereocenters. The molecule has 2 rings (SSSR count).